The van der Waals surface area contributed by atoms with E-state index in [2.05, 4.69) is 4.72 Å². The zero-order chi connectivity index (χ0) is 16.9. The van der Waals surface area contributed by atoms with Gasteiger partial charge in [-0.05, 0) is 32.3 Å². The van der Waals surface area contributed by atoms with Crippen LogP contribution in [0.4, 0.5) is 0 Å². The number of imide groups is 1. The van der Waals surface area contributed by atoms with E-state index in [1.165, 1.54) is 17.9 Å². The van der Waals surface area contributed by atoms with Crippen LogP contribution >= 0.6 is 0 Å². The fourth-order valence-corrected chi connectivity index (χ4v) is 3.42. The molecule has 6 nitrogen and oxygen atoms in total. The van der Waals surface area contributed by atoms with Crippen LogP contribution in [0, 0.1) is 0 Å². The summed E-state index contributed by atoms with van der Waals surface area (Å²) in [6.45, 7) is 7.21. The molecular formula is C15H26N2O4S. The number of carbonyl (C=O) groups is 2. The first-order chi connectivity index (χ1) is 10.3. The van der Waals surface area contributed by atoms with Gasteiger partial charge in [0.2, 0.25) is 15.9 Å². The molecule has 1 aliphatic heterocycles. The fourth-order valence-electron chi connectivity index (χ4n) is 2.60. The molecule has 1 aliphatic rings. The molecule has 0 saturated heterocycles. The quantitative estimate of drug-likeness (QED) is 0.732. The second kappa shape index (κ2) is 7.87. The standard InChI is InChI=1S/C15H26N2O4S/c1-5-8-12(16-22(20,21)7-3)15(19)17-13(9-6-2)11(4)10-14(17)18/h10,12-13,16H,5-9H2,1-4H3/t12-,13-/m1/s1. The van der Waals surface area contributed by atoms with Gasteiger partial charge in [0.05, 0.1) is 11.8 Å². The van der Waals surface area contributed by atoms with Crippen LogP contribution < -0.4 is 4.72 Å². The second-order valence-electron chi connectivity index (χ2n) is 5.60. The van der Waals surface area contributed by atoms with E-state index >= 15 is 0 Å². The van der Waals surface area contributed by atoms with E-state index in [0.717, 1.165) is 12.0 Å². The molecule has 1 N–H and O–H groups in total. The lowest BCUT2D eigenvalue weighted by atomic mass is 10.0. The highest BCUT2D eigenvalue weighted by atomic mass is 32.2. The van der Waals surface area contributed by atoms with Crippen molar-refractivity contribution in [2.24, 2.45) is 0 Å². The third-order valence-electron chi connectivity index (χ3n) is 3.80. The molecule has 0 bridgehead atoms. The molecular weight excluding hydrogens is 304 g/mol. The molecule has 0 spiro atoms. The number of sulfonamides is 1. The summed E-state index contributed by atoms with van der Waals surface area (Å²) < 4.78 is 26.0. The van der Waals surface area contributed by atoms with Crippen molar-refractivity contribution in [1.82, 2.24) is 9.62 Å². The normalized spacial score (nSPS) is 20.2. The van der Waals surface area contributed by atoms with Crippen molar-refractivity contribution in [1.29, 1.82) is 0 Å². The van der Waals surface area contributed by atoms with Crippen LogP contribution in [0.3, 0.4) is 0 Å². The van der Waals surface area contributed by atoms with Crippen molar-refractivity contribution in [3.63, 3.8) is 0 Å². The predicted molar refractivity (Wildman–Crippen MR) is 85.6 cm³/mol. The Hall–Kier alpha value is -1.21. The van der Waals surface area contributed by atoms with Crippen molar-refractivity contribution in [2.45, 2.75) is 65.5 Å². The highest BCUT2D eigenvalue weighted by molar-refractivity contribution is 7.89. The molecule has 0 aliphatic carbocycles. The molecule has 0 aromatic rings. The Morgan fingerprint density at radius 1 is 1.32 bits per heavy atom. The summed E-state index contributed by atoms with van der Waals surface area (Å²) in [5, 5.41) is 0. The average molecular weight is 330 g/mol. The van der Waals surface area contributed by atoms with Gasteiger partial charge < -0.3 is 0 Å². The highest BCUT2D eigenvalue weighted by Gasteiger charge is 2.38. The molecule has 2 amide bonds. The lowest BCUT2D eigenvalue weighted by Gasteiger charge is -2.28. The molecule has 0 unspecified atom stereocenters. The minimum Gasteiger partial charge on any atom is -0.273 e. The molecule has 1 rings (SSSR count). The van der Waals surface area contributed by atoms with Crippen LogP contribution in [0.5, 0.6) is 0 Å². The van der Waals surface area contributed by atoms with Crippen LogP contribution in [0.25, 0.3) is 0 Å². The third kappa shape index (κ3) is 4.39. The predicted octanol–water partition coefficient (Wildman–Crippen LogP) is 1.58. The first kappa shape index (κ1) is 18.8. The van der Waals surface area contributed by atoms with Crippen LogP contribution in [0.15, 0.2) is 11.6 Å². The van der Waals surface area contributed by atoms with Gasteiger partial charge in [-0.1, -0.05) is 26.7 Å². The summed E-state index contributed by atoms with van der Waals surface area (Å²) in [7, 11) is -3.50. The molecule has 0 radical (unpaired) electrons. The Balaban J connectivity index is 3.00. The van der Waals surface area contributed by atoms with Crippen molar-refractivity contribution in [3.8, 4) is 0 Å². The van der Waals surface area contributed by atoms with E-state index in [9.17, 15) is 18.0 Å². The van der Waals surface area contributed by atoms with Gasteiger partial charge >= 0.3 is 0 Å². The van der Waals surface area contributed by atoms with Gasteiger partial charge in [-0.2, -0.15) is 0 Å². The molecule has 0 fully saturated rings. The van der Waals surface area contributed by atoms with E-state index in [1.807, 2.05) is 20.8 Å². The summed E-state index contributed by atoms with van der Waals surface area (Å²) in [6.07, 6.45) is 4.02. The van der Waals surface area contributed by atoms with Crippen molar-refractivity contribution in [2.75, 3.05) is 5.75 Å². The molecule has 126 valence electrons. The maximum Gasteiger partial charge on any atom is 0.253 e. The van der Waals surface area contributed by atoms with Gasteiger partial charge in [0.25, 0.3) is 5.91 Å². The molecule has 22 heavy (non-hydrogen) atoms. The van der Waals surface area contributed by atoms with E-state index in [0.29, 0.717) is 19.3 Å². The molecule has 2 atom stereocenters. The smallest absolute Gasteiger partial charge is 0.253 e. The molecule has 0 saturated carbocycles. The Morgan fingerprint density at radius 3 is 2.45 bits per heavy atom. The van der Waals surface area contributed by atoms with Crippen LogP contribution in [-0.2, 0) is 19.6 Å². The van der Waals surface area contributed by atoms with Gasteiger partial charge in [-0.25, -0.2) is 13.1 Å². The molecule has 7 heteroatoms. The maximum atomic E-state index is 12.7. The van der Waals surface area contributed by atoms with Crippen molar-refractivity contribution in [3.05, 3.63) is 11.6 Å². The summed E-state index contributed by atoms with van der Waals surface area (Å²) in [5.41, 5.74) is 0.855. The first-order valence-corrected chi connectivity index (χ1v) is 9.47. The lowest BCUT2D eigenvalue weighted by Crippen LogP contribution is -2.52. The Bertz CT molecular complexity index is 554. The number of amides is 2. The maximum absolute atomic E-state index is 12.7. The van der Waals surface area contributed by atoms with Crippen molar-refractivity contribution >= 4 is 21.8 Å². The van der Waals surface area contributed by atoms with Crippen LogP contribution in [0.2, 0.25) is 0 Å². The third-order valence-corrected chi connectivity index (χ3v) is 5.21. The Labute approximate surface area is 133 Å². The zero-order valence-corrected chi connectivity index (χ0v) is 14.6. The summed E-state index contributed by atoms with van der Waals surface area (Å²) in [6, 6.07) is -1.13. The summed E-state index contributed by atoms with van der Waals surface area (Å²) >= 11 is 0. The number of hydrogen-bond acceptors (Lipinski definition) is 4. The average Bonchev–Trinajstić information content (AvgIpc) is 2.72. The Morgan fingerprint density at radius 2 is 1.95 bits per heavy atom. The number of carbonyl (C=O) groups excluding carboxylic acids is 2. The monoisotopic (exact) mass is 330 g/mol. The number of rotatable bonds is 8. The van der Waals surface area contributed by atoms with Crippen molar-refractivity contribution < 1.29 is 18.0 Å². The zero-order valence-electron chi connectivity index (χ0n) is 13.8. The molecule has 0 aromatic heterocycles. The van der Waals surface area contributed by atoms with Gasteiger partial charge in [0, 0.05) is 6.08 Å². The largest absolute Gasteiger partial charge is 0.273 e. The number of hydrogen-bond donors (Lipinski definition) is 1. The van der Waals surface area contributed by atoms with E-state index in [4.69, 9.17) is 0 Å². The van der Waals surface area contributed by atoms with E-state index in [-0.39, 0.29) is 17.7 Å². The van der Waals surface area contributed by atoms with E-state index in [1.54, 1.807) is 0 Å². The first-order valence-electron chi connectivity index (χ1n) is 7.82. The van der Waals surface area contributed by atoms with E-state index < -0.39 is 22.0 Å². The highest BCUT2D eigenvalue weighted by Crippen LogP contribution is 2.24. The fraction of sp³-hybridized carbons (Fsp3) is 0.733. The van der Waals surface area contributed by atoms with Crippen LogP contribution in [0.1, 0.15) is 53.4 Å². The number of nitrogens with zero attached hydrogens (tertiary/aromatic N) is 1. The summed E-state index contributed by atoms with van der Waals surface area (Å²) in [4.78, 5) is 26.0. The van der Waals surface area contributed by atoms with Gasteiger partial charge in [-0.3, -0.25) is 14.5 Å². The lowest BCUT2D eigenvalue weighted by molar-refractivity contribution is -0.144. The molecule has 0 aromatic carbocycles. The van der Waals surface area contributed by atoms with Gasteiger partial charge in [0.1, 0.15) is 6.04 Å². The summed E-state index contributed by atoms with van der Waals surface area (Å²) in [5.74, 6) is -0.891. The van der Waals surface area contributed by atoms with Gasteiger partial charge in [0.15, 0.2) is 0 Å². The van der Waals surface area contributed by atoms with Crippen LogP contribution in [-0.4, -0.2) is 43.0 Å². The minimum absolute atomic E-state index is 0.0931. The number of nitrogens with one attached hydrogen (secondary N) is 1. The SMILES string of the molecule is CCC[C@@H]1C(C)=CC(=O)N1C(=O)[C@@H](CCC)NS(=O)(=O)CC. The minimum atomic E-state index is -3.50. The molecule has 1 heterocycles. The van der Waals surface area contributed by atoms with Gasteiger partial charge in [-0.15, -0.1) is 0 Å². The topological polar surface area (TPSA) is 83.6 Å². The Kier molecular flexibility index (Phi) is 6.74. The second-order valence-corrected chi connectivity index (χ2v) is 7.64.